The van der Waals surface area contributed by atoms with Gasteiger partial charge in [-0.3, -0.25) is 0 Å². The first-order valence-corrected chi connectivity index (χ1v) is 6.15. The Bertz CT molecular complexity index is 496. The number of nitrogens with zero attached hydrogens (tertiary/aromatic N) is 3. The number of hydrogen-bond acceptors (Lipinski definition) is 5. The van der Waals surface area contributed by atoms with Gasteiger partial charge in [0.25, 0.3) is 0 Å². The molecule has 2 N–H and O–H groups in total. The van der Waals surface area contributed by atoms with Gasteiger partial charge in [-0.05, 0) is 48.9 Å². The number of pyridine rings is 1. The van der Waals surface area contributed by atoms with Crippen molar-refractivity contribution < 1.29 is 0 Å². The fraction of sp³-hybridized carbons (Fsp3) is 0.250. The Kier molecular flexibility index (Phi) is 3.71. The molecule has 0 bridgehead atoms. The Morgan fingerprint density at radius 3 is 2.59 bits per heavy atom. The van der Waals surface area contributed by atoms with Gasteiger partial charge in [-0.15, -0.1) is 0 Å². The Balaban J connectivity index is 2.18. The minimum atomic E-state index is 0.0105. The molecule has 0 radical (unpaired) electrons. The summed E-state index contributed by atoms with van der Waals surface area (Å²) in [4.78, 5) is 12.7. The molecule has 0 aliphatic heterocycles. The third-order valence-corrected chi connectivity index (χ3v) is 3.06. The molecule has 88 valence electrons. The SMILES string of the molecule is Cc1cnc(Sc2cc([C@@H](C)N)ccn2)nc1. The molecule has 0 aromatic carbocycles. The first-order chi connectivity index (χ1) is 8.15. The monoisotopic (exact) mass is 246 g/mol. The lowest BCUT2D eigenvalue weighted by atomic mass is 10.1. The molecule has 1 atom stereocenters. The quantitative estimate of drug-likeness (QED) is 0.842. The summed E-state index contributed by atoms with van der Waals surface area (Å²) in [5.74, 6) is 0. The van der Waals surface area contributed by atoms with Crippen molar-refractivity contribution in [3.8, 4) is 0 Å². The van der Waals surface area contributed by atoms with Crippen LogP contribution in [0.3, 0.4) is 0 Å². The van der Waals surface area contributed by atoms with E-state index in [1.165, 1.54) is 11.8 Å². The topological polar surface area (TPSA) is 64.7 Å². The first-order valence-electron chi connectivity index (χ1n) is 5.33. The lowest BCUT2D eigenvalue weighted by Gasteiger charge is -2.06. The number of aryl methyl sites for hydroxylation is 1. The minimum Gasteiger partial charge on any atom is -0.324 e. The summed E-state index contributed by atoms with van der Waals surface area (Å²) in [5.41, 5.74) is 7.94. The molecule has 2 rings (SSSR count). The average Bonchev–Trinajstić information content (AvgIpc) is 2.32. The van der Waals surface area contributed by atoms with E-state index in [4.69, 9.17) is 5.73 Å². The second kappa shape index (κ2) is 5.25. The fourth-order valence-electron chi connectivity index (χ4n) is 1.29. The van der Waals surface area contributed by atoms with Crippen molar-refractivity contribution in [3.63, 3.8) is 0 Å². The molecule has 2 heterocycles. The van der Waals surface area contributed by atoms with Crippen LogP contribution < -0.4 is 5.73 Å². The van der Waals surface area contributed by atoms with Crippen molar-refractivity contribution in [3.05, 3.63) is 41.9 Å². The molecule has 2 aromatic rings. The molecule has 0 fully saturated rings. The molecule has 0 aliphatic carbocycles. The van der Waals surface area contributed by atoms with Crippen LogP contribution in [0.2, 0.25) is 0 Å². The highest BCUT2D eigenvalue weighted by Crippen LogP contribution is 2.24. The van der Waals surface area contributed by atoms with Crippen molar-refractivity contribution in [2.75, 3.05) is 0 Å². The maximum atomic E-state index is 5.83. The van der Waals surface area contributed by atoms with E-state index in [1.807, 2.05) is 26.0 Å². The molecule has 17 heavy (non-hydrogen) atoms. The van der Waals surface area contributed by atoms with Gasteiger partial charge in [0.05, 0.1) is 0 Å². The molecule has 0 aliphatic rings. The number of hydrogen-bond donors (Lipinski definition) is 1. The normalized spacial score (nSPS) is 12.4. The molecular formula is C12H14N4S. The zero-order chi connectivity index (χ0) is 12.3. The van der Waals surface area contributed by atoms with Crippen LogP contribution in [-0.2, 0) is 0 Å². The Morgan fingerprint density at radius 1 is 1.24 bits per heavy atom. The first kappa shape index (κ1) is 12.0. The van der Waals surface area contributed by atoms with Crippen LogP contribution in [0.5, 0.6) is 0 Å². The second-order valence-corrected chi connectivity index (χ2v) is 4.85. The van der Waals surface area contributed by atoms with Crippen LogP contribution in [0.25, 0.3) is 0 Å². The standard InChI is InChI=1S/C12H14N4S/c1-8-6-15-12(16-7-8)17-11-5-10(9(2)13)3-4-14-11/h3-7,9H,13H2,1-2H3/t9-/m1/s1. The Hall–Kier alpha value is -1.46. The zero-order valence-corrected chi connectivity index (χ0v) is 10.6. The molecule has 0 unspecified atom stereocenters. The van der Waals surface area contributed by atoms with Gasteiger partial charge in [0, 0.05) is 24.6 Å². The molecule has 0 spiro atoms. The van der Waals surface area contributed by atoms with Crippen molar-refractivity contribution in [2.24, 2.45) is 5.73 Å². The zero-order valence-electron chi connectivity index (χ0n) is 9.79. The maximum Gasteiger partial charge on any atom is 0.193 e. The largest absolute Gasteiger partial charge is 0.324 e. The predicted octanol–water partition coefficient (Wildman–Crippen LogP) is 2.35. The smallest absolute Gasteiger partial charge is 0.193 e. The molecule has 4 nitrogen and oxygen atoms in total. The maximum absolute atomic E-state index is 5.83. The summed E-state index contributed by atoms with van der Waals surface area (Å²) in [7, 11) is 0. The van der Waals surface area contributed by atoms with Crippen LogP contribution in [0.1, 0.15) is 24.1 Å². The number of aromatic nitrogens is 3. The van der Waals surface area contributed by atoms with Gasteiger partial charge in [-0.25, -0.2) is 15.0 Å². The van der Waals surface area contributed by atoms with Crippen molar-refractivity contribution in [1.82, 2.24) is 15.0 Å². The van der Waals surface area contributed by atoms with Crippen LogP contribution in [0.15, 0.2) is 40.9 Å². The van der Waals surface area contributed by atoms with E-state index in [-0.39, 0.29) is 6.04 Å². The molecule has 0 amide bonds. The Morgan fingerprint density at radius 2 is 1.94 bits per heavy atom. The third kappa shape index (κ3) is 3.25. The molecule has 0 saturated carbocycles. The van der Waals surface area contributed by atoms with E-state index in [1.54, 1.807) is 18.6 Å². The average molecular weight is 246 g/mol. The van der Waals surface area contributed by atoms with Crippen molar-refractivity contribution in [1.29, 1.82) is 0 Å². The van der Waals surface area contributed by atoms with Gasteiger partial charge in [0.1, 0.15) is 5.03 Å². The van der Waals surface area contributed by atoms with E-state index in [0.29, 0.717) is 5.16 Å². The van der Waals surface area contributed by atoms with E-state index < -0.39 is 0 Å². The Labute approximate surface area is 105 Å². The van der Waals surface area contributed by atoms with Crippen molar-refractivity contribution in [2.45, 2.75) is 30.1 Å². The van der Waals surface area contributed by atoms with Crippen molar-refractivity contribution >= 4 is 11.8 Å². The van der Waals surface area contributed by atoms with Crippen LogP contribution >= 0.6 is 11.8 Å². The lowest BCUT2D eigenvalue weighted by molar-refractivity contribution is 0.807. The van der Waals surface area contributed by atoms with Gasteiger partial charge in [0.2, 0.25) is 0 Å². The highest BCUT2D eigenvalue weighted by Gasteiger charge is 2.04. The fourth-order valence-corrected chi connectivity index (χ4v) is 2.00. The van der Waals surface area contributed by atoms with Crippen LogP contribution in [0, 0.1) is 6.92 Å². The summed E-state index contributed by atoms with van der Waals surface area (Å²) in [6.45, 7) is 3.91. The summed E-state index contributed by atoms with van der Waals surface area (Å²) in [5, 5.41) is 1.56. The van der Waals surface area contributed by atoms with E-state index in [2.05, 4.69) is 15.0 Å². The predicted molar refractivity (Wildman–Crippen MR) is 67.7 cm³/mol. The van der Waals surface area contributed by atoms with Gasteiger partial charge in [0.15, 0.2) is 5.16 Å². The third-order valence-electron chi connectivity index (χ3n) is 2.24. The van der Waals surface area contributed by atoms with Crippen LogP contribution in [0.4, 0.5) is 0 Å². The number of nitrogens with two attached hydrogens (primary N) is 1. The van der Waals surface area contributed by atoms with Gasteiger partial charge < -0.3 is 5.73 Å². The molecule has 0 saturated heterocycles. The second-order valence-electron chi connectivity index (χ2n) is 3.86. The lowest BCUT2D eigenvalue weighted by Crippen LogP contribution is -2.05. The molecule has 5 heteroatoms. The molecule has 2 aromatic heterocycles. The summed E-state index contributed by atoms with van der Waals surface area (Å²) < 4.78 is 0. The summed E-state index contributed by atoms with van der Waals surface area (Å²) in [6, 6.07) is 3.90. The van der Waals surface area contributed by atoms with E-state index in [9.17, 15) is 0 Å². The van der Waals surface area contributed by atoms with E-state index >= 15 is 0 Å². The van der Waals surface area contributed by atoms with Gasteiger partial charge in [-0.1, -0.05) is 0 Å². The van der Waals surface area contributed by atoms with E-state index in [0.717, 1.165) is 16.2 Å². The number of rotatable bonds is 3. The minimum absolute atomic E-state index is 0.0105. The van der Waals surface area contributed by atoms with Crippen LogP contribution in [-0.4, -0.2) is 15.0 Å². The highest BCUT2D eigenvalue weighted by atomic mass is 32.2. The van der Waals surface area contributed by atoms with Gasteiger partial charge in [-0.2, -0.15) is 0 Å². The summed E-state index contributed by atoms with van der Waals surface area (Å²) in [6.07, 6.45) is 5.35. The van der Waals surface area contributed by atoms with Gasteiger partial charge >= 0.3 is 0 Å². The summed E-state index contributed by atoms with van der Waals surface area (Å²) >= 11 is 1.44. The molecular weight excluding hydrogens is 232 g/mol. The highest BCUT2D eigenvalue weighted by molar-refractivity contribution is 7.99.